The number of rotatable bonds is 6. The molecule has 7 nitrogen and oxygen atoms in total. The van der Waals surface area contributed by atoms with Gasteiger partial charge in [-0.05, 0) is 26.7 Å². The quantitative estimate of drug-likeness (QED) is 0.771. The van der Waals surface area contributed by atoms with Gasteiger partial charge in [-0.2, -0.15) is 0 Å². The molecule has 2 heterocycles. The predicted octanol–water partition coefficient (Wildman–Crippen LogP) is 1.27. The standard InChI is InChI=1S/C14H24N2O5/c1-3-15-13(17)19-7-9-10(8-20-14(18)16-4-2)12-6-5-11(9)21-12/h9-12H,3-8H2,1-2H3,(H,15,17)(H,16,18)/t9-,10-,11+,12+/m1/s1. The molecule has 0 aliphatic carbocycles. The minimum atomic E-state index is -0.413. The zero-order valence-corrected chi connectivity index (χ0v) is 12.6. The summed E-state index contributed by atoms with van der Waals surface area (Å²) in [7, 11) is 0. The summed E-state index contributed by atoms with van der Waals surface area (Å²) in [4.78, 5) is 22.8. The maximum absolute atomic E-state index is 11.4. The second-order valence-corrected chi connectivity index (χ2v) is 5.38. The highest BCUT2D eigenvalue weighted by molar-refractivity contribution is 5.67. The van der Waals surface area contributed by atoms with Gasteiger partial charge in [-0.25, -0.2) is 9.59 Å². The van der Waals surface area contributed by atoms with Gasteiger partial charge in [-0.3, -0.25) is 0 Å². The van der Waals surface area contributed by atoms with Crippen molar-refractivity contribution in [2.45, 2.75) is 38.9 Å². The van der Waals surface area contributed by atoms with Gasteiger partial charge in [0.15, 0.2) is 0 Å². The Morgan fingerprint density at radius 3 is 1.76 bits per heavy atom. The molecule has 2 rings (SSSR count). The van der Waals surface area contributed by atoms with Crippen molar-refractivity contribution in [2.24, 2.45) is 11.8 Å². The number of carbonyl (C=O) groups is 2. The van der Waals surface area contributed by atoms with Gasteiger partial charge in [0, 0.05) is 24.9 Å². The lowest BCUT2D eigenvalue weighted by Crippen LogP contribution is -2.37. The fraction of sp³-hybridized carbons (Fsp3) is 0.857. The van der Waals surface area contributed by atoms with Gasteiger partial charge < -0.3 is 24.8 Å². The number of nitrogens with one attached hydrogen (secondary N) is 2. The SMILES string of the molecule is CCNC(=O)OC[C@@H]1[C@@H](COC(=O)NCC)[C@@H]2CC[C@@H]1O2. The third kappa shape index (κ3) is 4.00. The summed E-state index contributed by atoms with van der Waals surface area (Å²) in [5.74, 6) is 0.196. The maximum Gasteiger partial charge on any atom is 0.407 e. The molecular weight excluding hydrogens is 276 g/mol. The second-order valence-electron chi connectivity index (χ2n) is 5.38. The fourth-order valence-corrected chi connectivity index (χ4v) is 3.07. The van der Waals surface area contributed by atoms with Gasteiger partial charge in [-0.15, -0.1) is 0 Å². The molecule has 0 aromatic carbocycles. The van der Waals surface area contributed by atoms with E-state index in [0.29, 0.717) is 26.3 Å². The van der Waals surface area contributed by atoms with Crippen LogP contribution in [0, 0.1) is 11.8 Å². The zero-order valence-electron chi connectivity index (χ0n) is 12.6. The molecule has 2 saturated heterocycles. The van der Waals surface area contributed by atoms with Gasteiger partial charge >= 0.3 is 12.2 Å². The molecule has 0 aromatic rings. The molecule has 0 spiro atoms. The van der Waals surface area contributed by atoms with Crippen LogP contribution in [-0.4, -0.2) is 50.7 Å². The van der Waals surface area contributed by atoms with E-state index < -0.39 is 12.2 Å². The molecule has 4 atom stereocenters. The van der Waals surface area contributed by atoms with Gasteiger partial charge in [0.25, 0.3) is 0 Å². The first-order valence-electron chi connectivity index (χ1n) is 7.62. The third-order valence-electron chi connectivity index (χ3n) is 4.05. The summed E-state index contributed by atoms with van der Waals surface area (Å²) >= 11 is 0. The van der Waals surface area contributed by atoms with Crippen molar-refractivity contribution < 1.29 is 23.8 Å². The Hall–Kier alpha value is -1.50. The zero-order chi connectivity index (χ0) is 15.2. The summed E-state index contributed by atoms with van der Waals surface area (Å²) in [5, 5.41) is 5.20. The largest absolute Gasteiger partial charge is 0.449 e. The Balaban J connectivity index is 1.82. The summed E-state index contributed by atoms with van der Waals surface area (Å²) in [6.07, 6.45) is 1.34. The molecule has 2 N–H and O–H groups in total. The number of ether oxygens (including phenoxy) is 3. The predicted molar refractivity (Wildman–Crippen MR) is 74.9 cm³/mol. The molecule has 2 fully saturated rings. The molecule has 2 amide bonds. The van der Waals surface area contributed by atoms with E-state index in [-0.39, 0.29) is 24.0 Å². The maximum atomic E-state index is 11.4. The van der Waals surface area contributed by atoms with E-state index in [4.69, 9.17) is 14.2 Å². The van der Waals surface area contributed by atoms with E-state index in [9.17, 15) is 9.59 Å². The summed E-state index contributed by atoms with van der Waals surface area (Å²) in [6, 6.07) is 0. The Morgan fingerprint density at radius 2 is 1.38 bits per heavy atom. The van der Waals surface area contributed by atoms with Crippen LogP contribution in [0.1, 0.15) is 26.7 Å². The molecule has 2 bridgehead atoms. The minimum absolute atomic E-state index is 0.0979. The Labute approximate surface area is 124 Å². The minimum Gasteiger partial charge on any atom is -0.449 e. The van der Waals surface area contributed by atoms with Crippen LogP contribution in [0.2, 0.25) is 0 Å². The normalized spacial score (nSPS) is 30.0. The highest BCUT2D eigenvalue weighted by Gasteiger charge is 2.49. The summed E-state index contributed by atoms with van der Waals surface area (Å²) in [5.41, 5.74) is 0. The Kier molecular flexibility index (Phi) is 5.67. The van der Waals surface area contributed by atoms with Crippen LogP contribution < -0.4 is 10.6 Å². The number of carbonyl (C=O) groups excluding carboxylic acids is 2. The highest BCUT2D eigenvalue weighted by atomic mass is 16.6. The number of fused-ring (bicyclic) bond motifs is 2. The van der Waals surface area contributed by atoms with E-state index in [1.807, 2.05) is 13.8 Å². The monoisotopic (exact) mass is 300 g/mol. The van der Waals surface area contributed by atoms with E-state index in [1.54, 1.807) is 0 Å². The third-order valence-corrected chi connectivity index (χ3v) is 4.05. The average molecular weight is 300 g/mol. The smallest absolute Gasteiger partial charge is 0.407 e. The van der Waals surface area contributed by atoms with E-state index in [2.05, 4.69) is 10.6 Å². The lowest BCUT2D eigenvalue weighted by molar-refractivity contribution is 0.0682. The van der Waals surface area contributed by atoms with Crippen LogP contribution in [0.25, 0.3) is 0 Å². The van der Waals surface area contributed by atoms with Crippen LogP contribution in [0.15, 0.2) is 0 Å². The van der Waals surface area contributed by atoms with E-state index in [0.717, 1.165) is 12.8 Å². The molecule has 0 unspecified atom stereocenters. The topological polar surface area (TPSA) is 85.9 Å². The molecule has 7 heteroatoms. The Bertz CT molecular complexity index is 342. The fourth-order valence-electron chi connectivity index (χ4n) is 3.07. The van der Waals surface area contributed by atoms with E-state index >= 15 is 0 Å². The number of alkyl carbamates (subject to hydrolysis) is 2. The first-order valence-corrected chi connectivity index (χ1v) is 7.62. The first kappa shape index (κ1) is 15.9. The van der Waals surface area contributed by atoms with Crippen LogP contribution in [0.4, 0.5) is 9.59 Å². The van der Waals surface area contributed by atoms with Gasteiger partial charge in [0.1, 0.15) is 0 Å². The molecule has 2 aliphatic rings. The number of hydrogen-bond donors (Lipinski definition) is 2. The number of hydrogen-bond acceptors (Lipinski definition) is 5. The average Bonchev–Trinajstić information content (AvgIpc) is 3.04. The molecule has 120 valence electrons. The first-order chi connectivity index (χ1) is 10.2. The van der Waals surface area contributed by atoms with Crippen molar-refractivity contribution in [1.29, 1.82) is 0 Å². The molecular formula is C14H24N2O5. The van der Waals surface area contributed by atoms with Crippen molar-refractivity contribution >= 4 is 12.2 Å². The summed E-state index contributed by atoms with van der Waals surface area (Å²) in [6.45, 7) is 5.36. The van der Waals surface area contributed by atoms with Crippen molar-refractivity contribution in [3.05, 3.63) is 0 Å². The van der Waals surface area contributed by atoms with Crippen LogP contribution in [-0.2, 0) is 14.2 Å². The van der Waals surface area contributed by atoms with Crippen LogP contribution >= 0.6 is 0 Å². The van der Waals surface area contributed by atoms with Crippen molar-refractivity contribution in [3.63, 3.8) is 0 Å². The van der Waals surface area contributed by atoms with Crippen molar-refractivity contribution in [2.75, 3.05) is 26.3 Å². The lowest BCUT2D eigenvalue weighted by Gasteiger charge is -2.27. The van der Waals surface area contributed by atoms with Gasteiger partial charge in [0.2, 0.25) is 0 Å². The number of amides is 2. The highest BCUT2D eigenvalue weighted by Crippen LogP contribution is 2.43. The van der Waals surface area contributed by atoms with Crippen molar-refractivity contribution in [3.8, 4) is 0 Å². The van der Waals surface area contributed by atoms with Crippen LogP contribution in [0.3, 0.4) is 0 Å². The molecule has 21 heavy (non-hydrogen) atoms. The Morgan fingerprint density at radius 1 is 0.952 bits per heavy atom. The molecule has 0 radical (unpaired) electrons. The van der Waals surface area contributed by atoms with Crippen molar-refractivity contribution in [1.82, 2.24) is 10.6 Å². The molecule has 0 aromatic heterocycles. The van der Waals surface area contributed by atoms with Gasteiger partial charge in [-0.1, -0.05) is 0 Å². The molecule has 0 saturated carbocycles. The van der Waals surface area contributed by atoms with E-state index in [1.165, 1.54) is 0 Å². The van der Waals surface area contributed by atoms with Crippen LogP contribution in [0.5, 0.6) is 0 Å². The molecule has 2 aliphatic heterocycles. The lowest BCUT2D eigenvalue weighted by atomic mass is 9.80. The summed E-state index contributed by atoms with van der Waals surface area (Å²) < 4.78 is 16.3. The van der Waals surface area contributed by atoms with Gasteiger partial charge in [0.05, 0.1) is 25.4 Å². The second kappa shape index (κ2) is 7.49.